The van der Waals surface area contributed by atoms with Gasteiger partial charge in [0.05, 0.1) is 5.69 Å². The summed E-state index contributed by atoms with van der Waals surface area (Å²) in [6.07, 6.45) is 7.17. The lowest BCUT2D eigenvalue weighted by molar-refractivity contribution is 0.0638. The Kier molecular flexibility index (Phi) is 2.52. The van der Waals surface area contributed by atoms with Gasteiger partial charge < -0.3 is 4.90 Å². The first kappa shape index (κ1) is 11.6. The van der Waals surface area contributed by atoms with Gasteiger partial charge >= 0.3 is 0 Å². The van der Waals surface area contributed by atoms with Gasteiger partial charge in [0.15, 0.2) is 0 Å². The van der Waals surface area contributed by atoms with Gasteiger partial charge in [-0.25, -0.2) is 0 Å². The van der Waals surface area contributed by atoms with Crippen molar-refractivity contribution in [3.63, 3.8) is 0 Å². The molecule has 1 saturated carbocycles. The predicted molar refractivity (Wildman–Crippen MR) is 73.1 cm³/mol. The zero-order chi connectivity index (χ0) is 13.0. The number of nitrogens with zero attached hydrogens (tertiary/aromatic N) is 3. The molecular formula is C14H17N3OS. The van der Waals surface area contributed by atoms with E-state index >= 15 is 0 Å². The number of carbonyl (C=O) groups is 1. The van der Waals surface area contributed by atoms with Crippen molar-refractivity contribution < 1.29 is 4.79 Å². The third-order valence-electron chi connectivity index (χ3n) is 4.66. The second kappa shape index (κ2) is 4.13. The van der Waals surface area contributed by atoms with Gasteiger partial charge in [-0.2, -0.15) is 0 Å². The highest BCUT2D eigenvalue weighted by molar-refractivity contribution is 7.07. The molecule has 0 aromatic carbocycles. The van der Waals surface area contributed by atoms with E-state index in [1.807, 2.05) is 6.92 Å². The Labute approximate surface area is 116 Å². The summed E-state index contributed by atoms with van der Waals surface area (Å²) in [5.41, 5.74) is 4.12. The Morgan fingerprint density at radius 2 is 1.89 bits per heavy atom. The van der Waals surface area contributed by atoms with E-state index in [-0.39, 0.29) is 5.91 Å². The SMILES string of the molecule is Cc1nnsc1C(=O)N1C2CCC1CC(=C1CC1)C2. The molecule has 2 unspecified atom stereocenters. The van der Waals surface area contributed by atoms with Crippen molar-refractivity contribution in [3.05, 3.63) is 21.7 Å². The van der Waals surface area contributed by atoms with E-state index in [9.17, 15) is 4.79 Å². The molecule has 4 rings (SSSR count). The van der Waals surface area contributed by atoms with Crippen molar-refractivity contribution >= 4 is 17.4 Å². The molecule has 100 valence electrons. The van der Waals surface area contributed by atoms with Crippen molar-refractivity contribution in [2.75, 3.05) is 0 Å². The van der Waals surface area contributed by atoms with Crippen molar-refractivity contribution in [3.8, 4) is 0 Å². The minimum absolute atomic E-state index is 0.167. The zero-order valence-electron chi connectivity index (χ0n) is 11.1. The van der Waals surface area contributed by atoms with Crippen molar-refractivity contribution in [1.29, 1.82) is 0 Å². The van der Waals surface area contributed by atoms with Crippen molar-refractivity contribution in [1.82, 2.24) is 14.5 Å². The summed E-state index contributed by atoms with van der Waals surface area (Å²) < 4.78 is 3.90. The Morgan fingerprint density at radius 3 is 2.42 bits per heavy atom. The standard InChI is InChI=1S/C14H17N3OS/c1-8-13(19-16-15-8)14(18)17-11-4-5-12(17)7-10(6-11)9-2-3-9/h11-12H,2-7H2,1H3. The largest absolute Gasteiger partial charge is 0.331 e. The molecule has 0 N–H and O–H groups in total. The fourth-order valence-electron chi connectivity index (χ4n) is 3.60. The van der Waals surface area contributed by atoms with Crippen LogP contribution in [-0.2, 0) is 0 Å². The van der Waals surface area contributed by atoms with Crippen LogP contribution >= 0.6 is 11.5 Å². The van der Waals surface area contributed by atoms with E-state index in [1.54, 1.807) is 11.1 Å². The molecule has 1 aromatic heterocycles. The molecule has 3 heterocycles. The summed E-state index contributed by atoms with van der Waals surface area (Å²) in [6.45, 7) is 1.88. The van der Waals surface area contributed by atoms with Crippen LogP contribution in [0.15, 0.2) is 11.1 Å². The second-order valence-corrected chi connectivity index (χ2v) is 6.65. The van der Waals surface area contributed by atoms with E-state index < -0.39 is 0 Å². The molecule has 4 nitrogen and oxygen atoms in total. The first-order valence-electron chi connectivity index (χ1n) is 7.05. The third kappa shape index (κ3) is 1.83. The molecule has 1 aromatic rings. The molecule has 0 spiro atoms. The van der Waals surface area contributed by atoms with Crippen LogP contribution in [0.25, 0.3) is 0 Å². The zero-order valence-corrected chi connectivity index (χ0v) is 11.9. The van der Waals surface area contributed by atoms with E-state index in [0.717, 1.165) is 23.4 Å². The molecule has 5 heteroatoms. The van der Waals surface area contributed by atoms with E-state index in [0.29, 0.717) is 12.1 Å². The van der Waals surface area contributed by atoms with Gasteiger partial charge in [0, 0.05) is 12.1 Å². The highest BCUT2D eigenvalue weighted by atomic mass is 32.1. The van der Waals surface area contributed by atoms with Gasteiger partial charge in [-0.05, 0) is 57.0 Å². The summed E-state index contributed by atoms with van der Waals surface area (Å²) in [6, 6.07) is 0.853. The maximum Gasteiger partial charge on any atom is 0.268 e. The van der Waals surface area contributed by atoms with Crippen LogP contribution in [0.2, 0.25) is 0 Å². The van der Waals surface area contributed by atoms with E-state index in [4.69, 9.17) is 0 Å². The molecule has 3 fully saturated rings. The van der Waals surface area contributed by atoms with Crippen LogP contribution in [0.3, 0.4) is 0 Å². The highest BCUT2D eigenvalue weighted by Crippen LogP contribution is 2.45. The van der Waals surface area contributed by atoms with Crippen LogP contribution in [0, 0.1) is 6.92 Å². The lowest BCUT2D eigenvalue weighted by Crippen LogP contribution is -2.44. The fourth-order valence-corrected chi connectivity index (χ4v) is 4.20. The number of fused-ring (bicyclic) bond motifs is 2. The average Bonchev–Trinajstić information content (AvgIpc) is 3.11. The quantitative estimate of drug-likeness (QED) is 0.740. The van der Waals surface area contributed by atoms with Gasteiger partial charge in [0.2, 0.25) is 0 Å². The molecule has 2 bridgehead atoms. The Hall–Kier alpha value is -1.23. The number of rotatable bonds is 1. The Balaban J connectivity index is 1.62. The number of allylic oxidation sites excluding steroid dienone is 1. The van der Waals surface area contributed by atoms with Crippen LogP contribution in [-0.4, -0.2) is 32.5 Å². The number of aryl methyl sites for hydroxylation is 1. The summed E-state index contributed by atoms with van der Waals surface area (Å²) in [5.74, 6) is 0.167. The van der Waals surface area contributed by atoms with E-state index in [1.165, 1.54) is 37.2 Å². The minimum Gasteiger partial charge on any atom is -0.331 e. The van der Waals surface area contributed by atoms with Gasteiger partial charge in [0.25, 0.3) is 5.91 Å². The van der Waals surface area contributed by atoms with Crippen LogP contribution in [0.1, 0.15) is 53.9 Å². The molecule has 19 heavy (non-hydrogen) atoms. The first-order valence-corrected chi connectivity index (χ1v) is 7.83. The number of carbonyl (C=O) groups excluding carboxylic acids is 1. The first-order chi connectivity index (χ1) is 9.24. The van der Waals surface area contributed by atoms with Gasteiger partial charge in [-0.3, -0.25) is 4.79 Å². The Morgan fingerprint density at radius 1 is 1.21 bits per heavy atom. The molecule has 1 amide bonds. The number of amides is 1. The lowest BCUT2D eigenvalue weighted by Gasteiger charge is -2.36. The molecule has 1 aliphatic carbocycles. The highest BCUT2D eigenvalue weighted by Gasteiger charge is 2.43. The van der Waals surface area contributed by atoms with Crippen LogP contribution in [0.4, 0.5) is 0 Å². The number of hydrogen-bond acceptors (Lipinski definition) is 4. The second-order valence-electron chi connectivity index (χ2n) is 5.90. The van der Waals surface area contributed by atoms with Crippen LogP contribution in [0.5, 0.6) is 0 Å². The van der Waals surface area contributed by atoms with E-state index in [2.05, 4.69) is 14.5 Å². The normalized spacial score (nSPS) is 29.0. The monoisotopic (exact) mass is 275 g/mol. The van der Waals surface area contributed by atoms with Gasteiger partial charge in [0.1, 0.15) is 4.88 Å². The number of aromatic nitrogens is 2. The fraction of sp³-hybridized carbons (Fsp3) is 0.643. The topological polar surface area (TPSA) is 46.1 Å². The summed E-state index contributed by atoms with van der Waals surface area (Å²) in [7, 11) is 0. The summed E-state index contributed by atoms with van der Waals surface area (Å²) in [4.78, 5) is 15.5. The number of hydrogen-bond donors (Lipinski definition) is 0. The molecular weight excluding hydrogens is 258 g/mol. The third-order valence-corrected chi connectivity index (χ3v) is 5.48. The van der Waals surface area contributed by atoms with Gasteiger partial charge in [-0.15, -0.1) is 5.10 Å². The maximum atomic E-state index is 12.7. The minimum atomic E-state index is 0.167. The molecule has 0 radical (unpaired) electrons. The molecule has 3 aliphatic rings. The lowest BCUT2D eigenvalue weighted by atomic mass is 9.95. The maximum absolute atomic E-state index is 12.7. The summed E-state index contributed by atoms with van der Waals surface area (Å²) in [5, 5.41) is 3.97. The molecule has 2 atom stereocenters. The van der Waals surface area contributed by atoms with Crippen molar-refractivity contribution in [2.45, 2.75) is 57.5 Å². The molecule has 2 aliphatic heterocycles. The van der Waals surface area contributed by atoms with Gasteiger partial charge in [-0.1, -0.05) is 15.6 Å². The van der Waals surface area contributed by atoms with Crippen LogP contribution < -0.4 is 0 Å². The predicted octanol–water partition coefficient (Wildman–Crippen LogP) is 2.70. The van der Waals surface area contributed by atoms with Crippen molar-refractivity contribution in [2.24, 2.45) is 0 Å². The average molecular weight is 275 g/mol. The smallest absolute Gasteiger partial charge is 0.268 e. The summed E-state index contributed by atoms with van der Waals surface area (Å²) >= 11 is 1.24. The Bertz CT molecular complexity index is 555. The number of piperidine rings is 1. The molecule has 2 saturated heterocycles.